The molecule has 0 fully saturated rings. The zero-order valence-electron chi connectivity index (χ0n) is 7.38. The molecule has 14 heavy (non-hydrogen) atoms. The van der Waals surface area contributed by atoms with Crippen LogP contribution >= 0.6 is 7.82 Å². The Morgan fingerprint density at radius 3 is 2.71 bits per heavy atom. The first-order chi connectivity index (χ1) is 6.51. The van der Waals surface area contributed by atoms with Gasteiger partial charge in [-0.15, -0.1) is 0 Å². The van der Waals surface area contributed by atoms with Crippen LogP contribution in [0.2, 0.25) is 0 Å². The number of rotatable bonds is 4. The summed E-state index contributed by atoms with van der Waals surface area (Å²) in [6.45, 7) is 2.50. The molecule has 2 radical (unpaired) electrons. The fraction of sp³-hybridized carbons (Fsp3) is 0.125. The Morgan fingerprint density at radius 2 is 2.14 bits per heavy atom. The smallest absolute Gasteiger partial charge is 0.404 e. The number of ether oxygens (including phenoxy) is 1. The van der Waals surface area contributed by atoms with Gasteiger partial charge in [-0.25, -0.2) is 4.57 Å². The minimum atomic E-state index is -4.49. The zero-order chi connectivity index (χ0) is 10.6. The molecule has 2 N–H and O–H groups in total. The Balaban J connectivity index is 2.78. The molecule has 0 aliphatic rings. The van der Waals surface area contributed by atoms with Crippen molar-refractivity contribution in [2.75, 3.05) is 7.11 Å². The van der Waals surface area contributed by atoms with Crippen LogP contribution in [0, 0.1) is 6.61 Å². The summed E-state index contributed by atoms with van der Waals surface area (Å²) < 4.78 is 19.5. The summed E-state index contributed by atoms with van der Waals surface area (Å²) >= 11 is 0. The number of phosphoric ester groups is 1. The molecule has 1 aromatic carbocycles. The molecule has 5 nitrogen and oxygen atoms in total. The summed E-state index contributed by atoms with van der Waals surface area (Å²) in [6, 6.07) is 6.07. The fourth-order valence-electron chi connectivity index (χ4n) is 0.872. The number of hydrogen-bond acceptors (Lipinski definition) is 3. The molecule has 0 bridgehead atoms. The van der Waals surface area contributed by atoms with Gasteiger partial charge in [0.25, 0.3) is 0 Å². The number of methoxy groups -OCH3 is 1. The van der Waals surface area contributed by atoms with Gasteiger partial charge in [-0.2, -0.15) is 0 Å². The quantitative estimate of drug-likeness (QED) is 0.739. The number of hydrogen-bond donors (Lipinski definition) is 2. The highest BCUT2D eigenvalue weighted by Crippen LogP contribution is 2.37. The topological polar surface area (TPSA) is 76.0 Å². The highest BCUT2D eigenvalue weighted by molar-refractivity contribution is 7.46. The van der Waals surface area contributed by atoms with Gasteiger partial charge in [-0.3, -0.25) is 9.79 Å². The molecule has 0 amide bonds. The molecule has 0 aromatic heterocycles. The van der Waals surface area contributed by atoms with Crippen LogP contribution < -0.4 is 4.52 Å². The number of phosphoric acid groups is 1. The molecule has 1 aromatic rings. The van der Waals surface area contributed by atoms with E-state index >= 15 is 0 Å². The lowest BCUT2D eigenvalue weighted by atomic mass is 10.2. The molecule has 0 aliphatic carbocycles. The Bertz CT molecular complexity index is 345. The number of benzene rings is 1. The van der Waals surface area contributed by atoms with E-state index < -0.39 is 7.82 Å². The van der Waals surface area contributed by atoms with Gasteiger partial charge >= 0.3 is 7.82 Å². The monoisotopic (exact) mass is 216 g/mol. The van der Waals surface area contributed by atoms with Crippen LogP contribution in [0.5, 0.6) is 5.75 Å². The summed E-state index contributed by atoms with van der Waals surface area (Å²) in [5, 5.41) is 0. The molecule has 76 valence electrons. The van der Waals surface area contributed by atoms with Crippen LogP contribution in [0.25, 0.3) is 0 Å². The first kappa shape index (κ1) is 11.2. The molecule has 0 saturated heterocycles. The maximum absolute atomic E-state index is 10.5. The second kappa shape index (κ2) is 4.57. The van der Waals surface area contributed by atoms with Crippen LogP contribution in [-0.2, 0) is 9.30 Å². The van der Waals surface area contributed by atoms with Crippen molar-refractivity contribution >= 4 is 7.82 Å². The third-order valence-corrected chi connectivity index (χ3v) is 1.73. The lowest BCUT2D eigenvalue weighted by Crippen LogP contribution is -1.91. The summed E-state index contributed by atoms with van der Waals surface area (Å²) in [5.41, 5.74) is 0.540. The average molecular weight is 216 g/mol. The first-order valence-corrected chi connectivity index (χ1v) is 5.18. The van der Waals surface area contributed by atoms with Crippen molar-refractivity contribution in [2.24, 2.45) is 0 Å². The predicted octanol–water partition coefficient (Wildman–Crippen LogP) is 1.19. The van der Waals surface area contributed by atoms with Gasteiger partial charge in [0.2, 0.25) is 0 Å². The van der Waals surface area contributed by atoms with E-state index in [2.05, 4.69) is 15.9 Å². The molecular weight excluding hydrogens is 207 g/mol. The van der Waals surface area contributed by atoms with Crippen LogP contribution in [0.4, 0.5) is 0 Å². The molecule has 0 heterocycles. The van der Waals surface area contributed by atoms with Gasteiger partial charge in [0, 0.05) is 7.11 Å². The summed E-state index contributed by atoms with van der Waals surface area (Å²) in [7, 11) is -3.07. The van der Waals surface area contributed by atoms with Gasteiger partial charge in [-0.05, 0) is 17.7 Å². The molecule has 0 unspecified atom stereocenters. The first-order valence-electron chi connectivity index (χ1n) is 3.65. The summed E-state index contributed by atoms with van der Waals surface area (Å²) in [4.78, 5) is 17.1. The highest BCUT2D eigenvalue weighted by atomic mass is 31.2. The van der Waals surface area contributed by atoms with E-state index in [1.807, 2.05) is 0 Å². The lowest BCUT2D eigenvalue weighted by Gasteiger charge is -2.07. The van der Waals surface area contributed by atoms with Gasteiger partial charge < -0.3 is 9.26 Å². The average Bonchev–Trinajstić information content (AvgIpc) is 2.02. The van der Waals surface area contributed by atoms with Crippen LogP contribution in [-0.4, -0.2) is 16.9 Å². The Hall–Kier alpha value is -0.870. The second-order valence-electron chi connectivity index (χ2n) is 2.42. The van der Waals surface area contributed by atoms with Crippen molar-refractivity contribution in [3.63, 3.8) is 0 Å². The Morgan fingerprint density at radius 1 is 1.43 bits per heavy atom. The van der Waals surface area contributed by atoms with Crippen LogP contribution in [0.1, 0.15) is 5.56 Å². The van der Waals surface area contributed by atoms with Gasteiger partial charge in [-0.1, -0.05) is 12.1 Å². The summed E-state index contributed by atoms with van der Waals surface area (Å²) in [5.74, 6) is 0.0698. The SMILES string of the molecule is CO[C]c1cccc(OP(=O)(O)O)c1. The molecule has 0 atom stereocenters. The van der Waals surface area contributed by atoms with E-state index in [1.165, 1.54) is 19.2 Å². The van der Waals surface area contributed by atoms with E-state index in [-0.39, 0.29) is 5.75 Å². The summed E-state index contributed by atoms with van der Waals surface area (Å²) in [6.07, 6.45) is 0. The fourth-order valence-corrected chi connectivity index (χ4v) is 1.26. The Labute approximate surface area is 81.5 Å². The van der Waals surface area contributed by atoms with Gasteiger partial charge in [0.1, 0.15) is 5.75 Å². The minimum Gasteiger partial charge on any atom is -0.404 e. The van der Waals surface area contributed by atoms with Crippen LogP contribution in [0.15, 0.2) is 24.3 Å². The van der Waals surface area contributed by atoms with E-state index in [9.17, 15) is 4.57 Å². The van der Waals surface area contributed by atoms with Crippen molar-refractivity contribution in [3.8, 4) is 5.75 Å². The highest BCUT2D eigenvalue weighted by Gasteiger charge is 2.15. The maximum atomic E-state index is 10.5. The standard InChI is InChI=1S/C8H9O5P/c1-12-6-7-3-2-4-8(5-7)13-14(9,10)11/h2-5H,1H3,(H2,9,10,11). The predicted molar refractivity (Wildman–Crippen MR) is 48.5 cm³/mol. The molecule has 6 heteroatoms. The molecule has 0 spiro atoms. The van der Waals surface area contributed by atoms with Crippen molar-refractivity contribution in [2.45, 2.75) is 0 Å². The third kappa shape index (κ3) is 3.89. The van der Waals surface area contributed by atoms with Crippen molar-refractivity contribution in [3.05, 3.63) is 36.4 Å². The lowest BCUT2D eigenvalue weighted by molar-refractivity contribution is 0.281. The normalized spacial score (nSPS) is 11.4. The van der Waals surface area contributed by atoms with Gasteiger partial charge in [0.05, 0.1) is 0 Å². The van der Waals surface area contributed by atoms with Crippen molar-refractivity contribution < 1.29 is 23.6 Å². The van der Waals surface area contributed by atoms with E-state index in [1.54, 1.807) is 12.1 Å². The van der Waals surface area contributed by atoms with Crippen molar-refractivity contribution in [1.29, 1.82) is 0 Å². The maximum Gasteiger partial charge on any atom is 0.524 e. The van der Waals surface area contributed by atoms with Gasteiger partial charge in [0.15, 0.2) is 6.61 Å². The molecule has 0 saturated carbocycles. The van der Waals surface area contributed by atoms with E-state index in [0.29, 0.717) is 5.56 Å². The second-order valence-corrected chi connectivity index (χ2v) is 3.58. The molecule has 0 aliphatic heterocycles. The molecular formula is C8H9O5P. The van der Waals surface area contributed by atoms with E-state index in [4.69, 9.17) is 9.79 Å². The van der Waals surface area contributed by atoms with Crippen LogP contribution in [0.3, 0.4) is 0 Å². The largest absolute Gasteiger partial charge is 0.524 e. The zero-order valence-corrected chi connectivity index (χ0v) is 8.27. The van der Waals surface area contributed by atoms with Crippen molar-refractivity contribution in [1.82, 2.24) is 0 Å². The minimum absolute atomic E-state index is 0.0698. The molecule has 1 rings (SSSR count). The van der Waals surface area contributed by atoms with E-state index in [0.717, 1.165) is 0 Å². The Kier molecular flexibility index (Phi) is 3.66. The third-order valence-electron chi connectivity index (χ3n) is 1.28.